The van der Waals surface area contributed by atoms with Crippen LogP contribution in [0.3, 0.4) is 0 Å². The molecule has 0 aliphatic rings. The number of rotatable bonds is 7. The Bertz CT molecular complexity index is 484. The van der Waals surface area contributed by atoms with Gasteiger partial charge in [-0.25, -0.2) is 8.42 Å². The Labute approximate surface area is 107 Å². The molecule has 0 amide bonds. The van der Waals surface area contributed by atoms with Gasteiger partial charge in [0.05, 0.1) is 11.4 Å². The second kappa shape index (κ2) is 6.39. The van der Waals surface area contributed by atoms with Crippen LogP contribution in [0.5, 0.6) is 0 Å². The average molecular weight is 271 g/mol. The lowest BCUT2D eigenvalue weighted by Crippen LogP contribution is -2.33. The van der Waals surface area contributed by atoms with Gasteiger partial charge in [-0.2, -0.15) is 0 Å². The molecule has 1 aromatic carbocycles. The highest BCUT2D eigenvalue weighted by Gasteiger charge is 2.20. The molecule has 0 spiro atoms. The number of hydrogen-bond donors (Lipinski definition) is 1. The number of nitrogens with zero attached hydrogens (tertiary/aromatic N) is 1. The highest BCUT2D eigenvalue weighted by atomic mass is 32.2. The Morgan fingerprint density at radius 2 is 1.89 bits per heavy atom. The zero-order chi connectivity index (χ0) is 13.6. The number of hydrogen-bond acceptors (Lipinski definition) is 3. The predicted molar refractivity (Wildman–Crippen MR) is 70.1 cm³/mol. The summed E-state index contributed by atoms with van der Waals surface area (Å²) in [4.78, 5) is 10.4. The van der Waals surface area contributed by atoms with Gasteiger partial charge in [-0.3, -0.25) is 9.10 Å². The maximum atomic E-state index is 12.1. The predicted octanol–water partition coefficient (Wildman–Crippen LogP) is 1.71. The number of carbonyl (C=O) groups is 1. The molecule has 0 aliphatic heterocycles. The third kappa shape index (κ3) is 4.03. The second-order valence-corrected chi connectivity index (χ2v) is 5.83. The molecule has 0 saturated heterocycles. The highest BCUT2D eigenvalue weighted by molar-refractivity contribution is 7.92. The first-order valence-corrected chi connectivity index (χ1v) is 7.35. The Kier molecular flexibility index (Phi) is 5.15. The quantitative estimate of drug-likeness (QED) is 0.819. The van der Waals surface area contributed by atoms with Crippen molar-refractivity contribution in [1.29, 1.82) is 0 Å². The summed E-state index contributed by atoms with van der Waals surface area (Å²) in [6.45, 7) is 2.08. The van der Waals surface area contributed by atoms with Gasteiger partial charge in [0.2, 0.25) is 10.0 Å². The lowest BCUT2D eigenvalue weighted by atomic mass is 10.3. The van der Waals surface area contributed by atoms with Crippen LogP contribution in [0, 0.1) is 0 Å². The lowest BCUT2D eigenvalue weighted by molar-refractivity contribution is -0.137. The van der Waals surface area contributed by atoms with Crippen LogP contribution in [0.2, 0.25) is 0 Å². The molecule has 100 valence electrons. The largest absolute Gasteiger partial charge is 0.481 e. The Morgan fingerprint density at radius 3 is 2.39 bits per heavy atom. The number of aliphatic carboxylic acids is 1. The summed E-state index contributed by atoms with van der Waals surface area (Å²) >= 11 is 0. The Hall–Kier alpha value is -1.56. The second-order valence-electron chi connectivity index (χ2n) is 3.81. The van der Waals surface area contributed by atoms with E-state index in [2.05, 4.69) is 0 Å². The number of carboxylic acids is 1. The van der Waals surface area contributed by atoms with Crippen LogP contribution in [0.4, 0.5) is 5.69 Å². The molecule has 0 aromatic heterocycles. The maximum Gasteiger partial charge on any atom is 0.303 e. The van der Waals surface area contributed by atoms with Gasteiger partial charge in [-0.15, -0.1) is 0 Å². The van der Waals surface area contributed by atoms with Gasteiger partial charge in [-0.05, 0) is 25.5 Å². The van der Waals surface area contributed by atoms with Crippen molar-refractivity contribution in [2.75, 3.05) is 16.6 Å². The zero-order valence-corrected chi connectivity index (χ0v) is 11.1. The molecular weight excluding hydrogens is 254 g/mol. The first-order valence-electron chi connectivity index (χ1n) is 5.74. The minimum atomic E-state index is -3.45. The summed E-state index contributed by atoms with van der Waals surface area (Å²) in [5.41, 5.74) is 0.607. The van der Waals surface area contributed by atoms with E-state index in [9.17, 15) is 13.2 Å². The topological polar surface area (TPSA) is 74.7 Å². The summed E-state index contributed by atoms with van der Waals surface area (Å²) in [5.74, 6) is -1.13. The average Bonchev–Trinajstić information content (AvgIpc) is 2.30. The normalized spacial score (nSPS) is 11.2. The molecule has 18 heavy (non-hydrogen) atoms. The van der Waals surface area contributed by atoms with E-state index in [1.165, 1.54) is 4.31 Å². The van der Waals surface area contributed by atoms with Crippen molar-refractivity contribution in [3.05, 3.63) is 30.3 Å². The fourth-order valence-electron chi connectivity index (χ4n) is 1.65. The fraction of sp³-hybridized carbons (Fsp3) is 0.417. The fourth-order valence-corrected chi connectivity index (χ4v) is 3.22. The monoisotopic (exact) mass is 271 g/mol. The molecular formula is C12H17NO4S. The smallest absolute Gasteiger partial charge is 0.303 e. The Morgan fingerprint density at radius 1 is 1.28 bits per heavy atom. The molecule has 0 bridgehead atoms. The molecule has 1 N–H and O–H groups in total. The first-order chi connectivity index (χ1) is 8.47. The van der Waals surface area contributed by atoms with Gasteiger partial charge in [0, 0.05) is 13.0 Å². The van der Waals surface area contributed by atoms with Gasteiger partial charge >= 0.3 is 5.97 Å². The first kappa shape index (κ1) is 14.5. The van der Waals surface area contributed by atoms with Gasteiger partial charge in [-0.1, -0.05) is 18.2 Å². The van der Waals surface area contributed by atoms with E-state index < -0.39 is 16.0 Å². The van der Waals surface area contributed by atoms with Crippen molar-refractivity contribution >= 4 is 21.7 Å². The minimum Gasteiger partial charge on any atom is -0.481 e. The SMILES string of the molecule is CCN(c1ccccc1)S(=O)(=O)CCCC(=O)O. The number of sulfonamides is 1. The van der Waals surface area contributed by atoms with E-state index in [1.54, 1.807) is 31.2 Å². The lowest BCUT2D eigenvalue weighted by Gasteiger charge is -2.22. The maximum absolute atomic E-state index is 12.1. The number of benzene rings is 1. The van der Waals surface area contributed by atoms with E-state index >= 15 is 0 Å². The van der Waals surface area contributed by atoms with Crippen molar-refractivity contribution in [1.82, 2.24) is 0 Å². The third-order valence-corrected chi connectivity index (χ3v) is 4.41. The molecule has 0 saturated carbocycles. The summed E-state index contributed by atoms with van der Waals surface area (Å²) < 4.78 is 25.5. The van der Waals surface area contributed by atoms with E-state index in [1.807, 2.05) is 6.07 Å². The molecule has 1 rings (SSSR count). The van der Waals surface area contributed by atoms with Crippen molar-refractivity contribution in [3.8, 4) is 0 Å². The number of anilines is 1. The third-order valence-electron chi connectivity index (χ3n) is 2.46. The molecule has 0 atom stereocenters. The van der Waals surface area contributed by atoms with Crippen LogP contribution >= 0.6 is 0 Å². The van der Waals surface area contributed by atoms with Crippen molar-refractivity contribution in [3.63, 3.8) is 0 Å². The summed E-state index contributed by atoms with van der Waals surface area (Å²) in [6.07, 6.45) is -0.00737. The van der Waals surface area contributed by atoms with Gasteiger partial charge in [0.1, 0.15) is 0 Å². The van der Waals surface area contributed by atoms with Crippen LogP contribution in [0.1, 0.15) is 19.8 Å². The number of para-hydroxylation sites is 1. The van der Waals surface area contributed by atoms with Crippen LogP contribution in [-0.4, -0.2) is 31.8 Å². The van der Waals surface area contributed by atoms with Gasteiger partial charge in [0.15, 0.2) is 0 Å². The Balaban J connectivity index is 2.78. The van der Waals surface area contributed by atoms with E-state index in [-0.39, 0.29) is 18.6 Å². The van der Waals surface area contributed by atoms with E-state index in [0.29, 0.717) is 12.2 Å². The summed E-state index contributed by atoms with van der Waals surface area (Å²) in [5, 5.41) is 8.51. The summed E-state index contributed by atoms with van der Waals surface area (Å²) in [6, 6.07) is 8.79. The molecule has 5 nitrogen and oxygen atoms in total. The molecule has 0 heterocycles. The molecule has 0 radical (unpaired) electrons. The number of carboxylic acid groups (broad SMARTS) is 1. The van der Waals surface area contributed by atoms with Crippen molar-refractivity contribution < 1.29 is 18.3 Å². The highest BCUT2D eigenvalue weighted by Crippen LogP contribution is 2.18. The van der Waals surface area contributed by atoms with Crippen LogP contribution in [0.25, 0.3) is 0 Å². The van der Waals surface area contributed by atoms with Crippen molar-refractivity contribution in [2.24, 2.45) is 0 Å². The molecule has 1 aromatic rings. The molecule has 0 fully saturated rings. The van der Waals surface area contributed by atoms with Gasteiger partial charge in [0.25, 0.3) is 0 Å². The summed E-state index contributed by atoms with van der Waals surface area (Å²) in [7, 11) is -3.45. The molecule has 6 heteroatoms. The zero-order valence-electron chi connectivity index (χ0n) is 10.2. The van der Waals surface area contributed by atoms with Crippen LogP contribution < -0.4 is 4.31 Å². The standard InChI is InChI=1S/C12H17NO4S/c1-2-13(11-7-4-3-5-8-11)18(16,17)10-6-9-12(14)15/h3-5,7-8H,2,6,9-10H2,1H3,(H,14,15). The minimum absolute atomic E-state index is 0.126. The van der Waals surface area contributed by atoms with Crippen LogP contribution in [0.15, 0.2) is 30.3 Å². The van der Waals surface area contributed by atoms with Crippen LogP contribution in [-0.2, 0) is 14.8 Å². The molecule has 0 unspecified atom stereocenters. The molecule has 0 aliphatic carbocycles. The van der Waals surface area contributed by atoms with Gasteiger partial charge < -0.3 is 5.11 Å². The van der Waals surface area contributed by atoms with E-state index in [4.69, 9.17) is 5.11 Å². The van der Waals surface area contributed by atoms with Crippen molar-refractivity contribution in [2.45, 2.75) is 19.8 Å². The van der Waals surface area contributed by atoms with E-state index in [0.717, 1.165) is 0 Å².